The Kier molecular flexibility index (Phi) is 13.9. The van der Waals surface area contributed by atoms with Gasteiger partial charge in [0.05, 0.1) is 18.3 Å². The van der Waals surface area contributed by atoms with Gasteiger partial charge in [-0.25, -0.2) is 4.79 Å². The number of thioether (sulfide) groups is 1. The summed E-state index contributed by atoms with van der Waals surface area (Å²) in [6.07, 6.45) is 0.325. The van der Waals surface area contributed by atoms with E-state index in [2.05, 4.69) is 15.6 Å². The maximum atomic E-state index is 14.2. The summed E-state index contributed by atoms with van der Waals surface area (Å²) in [5.41, 5.74) is 8.72. The van der Waals surface area contributed by atoms with Gasteiger partial charge < -0.3 is 35.7 Å². The van der Waals surface area contributed by atoms with Crippen LogP contribution in [0.4, 0.5) is 4.79 Å². The molecule has 0 aliphatic rings. The van der Waals surface area contributed by atoms with Gasteiger partial charge in [0.25, 0.3) is 0 Å². The maximum absolute atomic E-state index is 14.2. The van der Waals surface area contributed by atoms with Crippen molar-refractivity contribution >= 4 is 53.9 Å². The quantitative estimate of drug-likeness (QED) is 0.0739. The number of ether oxygens (including phenoxy) is 2. The van der Waals surface area contributed by atoms with Crippen LogP contribution in [0.15, 0.2) is 91.1 Å². The van der Waals surface area contributed by atoms with Crippen molar-refractivity contribution in [3.05, 3.63) is 108 Å². The fourth-order valence-corrected chi connectivity index (χ4v) is 8.29. The third-order valence-corrected chi connectivity index (χ3v) is 11.0. The van der Waals surface area contributed by atoms with Gasteiger partial charge in [0.15, 0.2) is 0 Å². The van der Waals surface area contributed by atoms with Crippen LogP contribution in [0.25, 0.3) is 10.9 Å². The Bertz CT molecular complexity index is 1750. The summed E-state index contributed by atoms with van der Waals surface area (Å²) < 4.78 is 24.5. The minimum Gasteiger partial charge on any atom is -0.465 e. The molecule has 0 radical (unpaired) electrons. The van der Waals surface area contributed by atoms with E-state index in [-0.39, 0.29) is 37.6 Å². The summed E-state index contributed by atoms with van der Waals surface area (Å²) in [4.78, 5) is 66.0. The van der Waals surface area contributed by atoms with Crippen molar-refractivity contribution in [2.45, 2.75) is 38.2 Å². The Morgan fingerprint density at radius 2 is 1.55 bits per heavy atom. The Balaban J connectivity index is 1.54. The van der Waals surface area contributed by atoms with E-state index < -0.39 is 55.2 Å². The summed E-state index contributed by atoms with van der Waals surface area (Å²) in [7, 11) is -4.38. The molecule has 3 aromatic carbocycles. The number of aromatic amines is 1. The number of primary amides is 1. The summed E-state index contributed by atoms with van der Waals surface area (Å²) in [6, 6.07) is 24.2. The number of aromatic nitrogens is 1. The van der Waals surface area contributed by atoms with E-state index in [0.717, 1.165) is 33.8 Å². The number of carbonyl (C=O) groups excluding carboxylic acids is 4. The second-order valence-corrected chi connectivity index (χ2v) is 14.9. The van der Waals surface area contributed by atoms with Gasteiger partial charge in [0.1, 0.15) is 18.4 Å². The highest BCUT2D eigenvalue weighted by Gasteiger charge is 2.38. The van der Waals surface area contributed by atoms with Crippen molar-refractivity contribution in [2.24, 2.45) is 11.7 Å². The molecule has 1 heterocycles. The van der Waals surface area contributed by atoms with Crippen molar-refractivity contribution in [1.29, 1.82) is 0 Å². The van der Waals surface area contributed by atoms with Crippen LogP contribution >= 0.6 is 19.1 Å². The highest BCUT2D eigenvalue weighted by molar-refractivity contribution is 7.99. The lowest BCUT2D eigenvalue weighted by molar-refractivity contribution is -0.139. The molecule has 0 saturated carbocycles. The van der Waals surface area contributed by atoms with Gasteiger partial charge in [-0.3, -0.25) is 18.9 Å². The molecule has 260 valence electrons. The van der Waals surface area contributed by atoms with Crippen LogP contribution in [-0.4, -0.2) is 69.9 Å². The lowest BCUT2D eigenvalue weighted by atomic mass is 10.0. The molecular weight excluding hydrogens is 667 g/mol. The van der Waals surface area contributed by atoms with E-state index in [0.29, 0.717) is 5.56 Å². The molecule has 2 unspecified atom stereocenters. The molecule has 0 saturated heterocycles. The molecule has 4 rings (SSSR count). The number of rotatable bonds is 18. The lowest BCUT2D eigenvalue weighted by Gasteiger charge is -2.28. The first-order valence-corrected chi connectivity index (χ1v) is 18.8. The normalized spacial score (nSPS) is 14.2. The zero-order chi connectivity index (χ0) is 35.2. The predicted octanol–water partition coefficient (Wildman–Crippen LogP) is 4.36. The number of benzene rings is 3. The van der Waals surface area contributed by atoms with Crippen molar-refractivity contribution in [3.8, 4) is 0 Å². The number of para-hydroxylation sites is 1. The van der Waals surface area contributed by atoms with Gasteiger partial charge in [-0.2, -0.15) is 0 Å². The highest BCUT2D eigenvalue weighted by atomic mass is 32.2. The van der Waals surface area contributed by atoms with Crippen LogP contribution in [0.5, 0.6) is 0 Å². The maximum Gasteiger partial charge on any atom is 0.408 e. The van der Waals surface area contributed by atoms with E-state index in [9.17, 15) is 28.6 Å². The second kappa shape index (κ2) is 18.3. The molecule has 0 bridgehead atoms. The number of fused-ring (bicyclic) bond motifs is 1. The fourth-order valence-electron chi connectivity index (χ4n) is 5.21. The first kappa shape index (κ1) is 37.2. The zero-order valence-corrected chi connectivity index (χ0v) is 28.8. The standard InChI is InChI=1S/C35H41N4O8PS/c1-2-46-32(40)23-49-22-27(34(42)38-30(33(36)41)18-26-19-37-29-16-10-9-15-28(26)29)21-48(44,45)31(17-24-11-5-3-6-12-24)39-35(43)47-20-25-13-7-4-8-14-25/h3-16,19,27,30-31,37H,2,17-18,20-23H2,1H3,(H2,36,41)(H,38,42)(H,39,43)(H,44,45)/t27?,30-,31+/m0/s1. The van der Waals surface area contributed by atoms with Crippen molar-refractivity contribution in [3.63, 3.8) is 0 Å². The average Bonchev–Trinajstić information content (AvgIpc) is 3.50. The third-order valence-electron chi connectivity index (χ3n) is 7.71. The zero-order valence-electron chi connectivity index (χ0n) is 27.1. The lowest BCUT2D eigenvalue weighted by Crippen LogP contribution is -2.49. The molecule has 14 heteroatoms. The van der Waals surface area contributed by atoms with E-state index in [1.807, 2.05) is 30.3 Å². The molecule has 12 nitrogen and oxygen atoms in total. The van der Waals surface area contributed by atoms with Crippen LogP contribution in [0.2, 0.25) is 0 Å². The molecular formula is C35H41N4O8PS. The fraction of sp³-hybridized carbons (Fsp3) is 0.314. The minimum absolute atomic E-state index is 0.0240. The van der Waals surface area contributed by atoms with Gasteiger partial charge in [-0.05, 0) is 29.7 Å². The van der Waals surface area contributed by atoms with Crippen LogP contribution in [-0.2, 0) is 47.9 Å². The van der Waals surface area contributed by atoms with Crippen LogP contribution in [0.1, 0.15) is 23.6 Å². The van der Waals surface area contributed by atoms with Gasteiger partial charge in [0, 0.05) is 41.9 Å². The highest BCUT2D eigenvalue weighted by Crippen LogP contribution is 2.48. The van der Waals surface area contributed by atoms with E-state index in [1.54, 1.807) is 67.7 Å². The van der Waals surface area contributed by atoms with Gasteiger partial charge in [-0.1, -0.05) is 78.9 Å². The molecule has 0 spiro atoms. The number of nitrogens with one attached hydrogen (secondary N) is 3. The summed E-state index contributed by atoms with van der Waals surface area (Å²) >= 11 is 1.06. The minimum atomic E-state index is -4.38. The number of hydrogen-bond donors (Lipinski definition) is 5. The second-order valence-electron chi connectivity index (χ2n) is 11.4. The molecule has 1 aromatic heterocycles. The van der Waals surface area contributed by atoms with Crippen molar-refractivity contribution in [1.82, 2.24) is 15.6 Å². The molecule has 0 fully saturated rings. The van der Waals surface area contributed by atoms with Crippen molar-refractivity contribution < 1.29 is 38.1 Å². The van der Waals surface area contributed by atoms with E-state index >= 15 is 0 Å². The summed E-state index contributed by atoms with van der Waals surface area (Å²) in [6.45, 7) is 1.79. The smallest absolute Gasteiger partial charge is 0.408 e. The molecule has 0 aliphatic carbocycles. The first-order chi connectivity index (χ1) is 23.6. The topological polar surface area (TPSA) is 190 Å². The molecule has 3 amide bonds. The molecule has 0 aliphatic heterocycles. The number of alkyl carbamates (subject to hydrolysis) is 1. The van der Waals surface area contributed by atoms with Gasteiger partial charge >= 0.3 is 12.1 Å². The number of amides is 3. The molecule has 6 N–H and O–H groups in total. The Hall–Kier alpha value is -4.58. The van der Waals surface area contributed by atoms with Gasteiger partial charge in [-0.15, -0.1) is 11.8 Å². The Morgan fingerprint density at radius 1 is 0.898 bits per heavy atom. The van der Waals surface area contributed by atoms with Gasteiger partial charge in [0.2, 0.25) is 19.2 Å². The number of H-pyrrole nitrogens is 1. The summed E-state index contributed by atoms with van der Waals surface area (Å²) in [5.74, 6) is -4.60. The van der Waals surface area contributed by atoms with E-state index in [1.165, 1.54) is 0 Å². The monoisotopic (exact) mass is 708 g/mol. The van der Waals surface area contributed by atoms with Crippen LogP contribution in [0, 0.1) is 5.92 Å². The SMILES string of the molecule is CCOC(=O)CSCC(CP(=O)(O)[C@H](Cc1ccccc1)NC(=O)OCc1ccccc1)C(=O)N[C@@H](Cc1c[nH]c2ccccc12)C(N)=O. The summed E-state index contributed by atoms with van der Waals surface area (Å²) in [5, 5.41) is 6.08. The van der Waals surface area contributed by atoms with Crippen molar-refractivity contribution in [2.75, 3.05) is 24.3 Å². The Labute approximate surface area is 289 Å². The van der Waals surface area contributed by atoms with Crippen LogP contribution < -0.4 is 16.4 Å². The largest absolute Gasteiger partial charge is 0.465 e. The third kappa shape index (κ3) is 11.5. The molecule has 4 atom stereocenters. The number of esters is 1. The average molecular weight is 709 g/mol. The van der Waals surface area contributed by atoms with E-state index in [4.69, 9.17) is 15.2 Å². The Morgan fingerprint density at radius 3 is 2.22 bits per heavy atom. The number of carbonyl (C=O) groups is 4. The molecule has 4 aromatic rings. The molecule has 49 heavy (non-hydrogen) atoms. The first-order valence-electron chi connectivity index (χ1n) is 15.8. The number of hydrogen-bond acceptors (Lipinski definition) is 8. The van der Waals surface area contributed by atoms with Crippen LogP contribution in [0.3, 0.4) is 0 Å². The predicted molar refractivity (Wildman–Crippen MR) is 189 cm³/mol. The number of nitrogens with two attached hydrogens (primary N) is 1.